The van der Waals surface area contributed by atoms with Gasteiger partial charge in [0.25, 0.3) is 0 Å². The summed E-state index contributed by atoms with van der Waals surface area (Å²) in [7, 11) is 0. The van der Waals surface area contributed by atoms with Gasteiger partial charge in [0.2, 0.25) is 0 Å². The van der Waals surface area contributed by atoms with Gasteiger partial charge in [-0.2, -0.15) is 0 Å². The number of nitrogens with zero attached hydrogens (tertiary/aromatic N) is 4. The quantitative estimate of drug-likeness (QED) is 0.673. The molecule has 0 atom stereocenters. The molecule has 8 heteroatoms. The molecule has 8 nitrogen and oxygen atoms in total. The lowest BCUT2D eigenvalue weighted by Crippen LogP contribution is -2.06. The summed E-state index contributed by atoms with van der Waals surface area (Å²) in [5.41, 5.74) is 7.54. The summed E-state index contributed by atoms with van der Waals surface area (Å²) in [5, 5.41) is 9.91. The van der Waals surface area contributed by atoms with Gasteiger partial charge >= 0.3 is 0 Å². The van der Waals surface area contributed by atoms with Crippen molar-refractivity contribution in [2.24, 2.45) is 0 Å². The summed E-state index contributed by atoms with van der Waals surface area (Å²) in [5.74, 6) is 2.79. The first kappa shape index (κ1) is 13.8. The highest BCUT2D eigenvalue weighted by Crippen LogP contribution is 2.27. The van der Waals surface area contributed by atoms with Crippen molar-refractivity contribution in [1.29, 1.82) is 0 Å². The van der Waals surface area contributed by atoms with Gasteiger partial charge in [0.15, 0.2) is 17.5 Å². The van der Waals surface area contributed by atoms with Crippen molar-refractivity contribution < 1.29 is 4.52 Å². The highest BCUT2D eigenvalue weighted by atomic mass is 16.5. The minimum absolute atomic E-state index is 0.367. The molecule has 0 spiro atoms. The van der Waals surface area contributed by atoms with E-state index in [0.29, 0.717) is 34.7 Å². The van der Waals surface area contributed by atoms with Gasteiger partial charge in [-0.1, -0.05) is 5.16 Å². The summed E-state index contributed by atoms with van der Waals surface area (Å²) in [6.07, 6.45) is 3.12. The number of nitrogens with one attached hydrogen (secondary N) is 2. The van der Waals surface area contributed by atoms with Gasteiger partial charge in [0.1, 0.15) is 23.6 Å². The molecule has 112 valence electrons. The zero-order valence-electron chi connectivity index (χ0n) is 12.2. The second-order valence-electron chi connectivity index (χ2n) is 4.78. The number of nitrogen functional groups attached to an aromatic ring is 1. The van der Waals surface area contributed by atoms with Crippen molar-refractivity contribution in [1.82, 2.24) is 20.1 Å². The van der Waals surface area contributed by atoms with Gasteiger partial charge in [-0.25, -0.2) is 15.0 Å². The van der Waals surface area contributed by atoms with Gasteiger partial charge in [0, 0.05) is 12.3 Å². The van der Waals surface area contributed by atoms with Crippen LogP contribution in [0.4, 0.5) is 29.0 Å². The zero-order chi connectivity index (χ0) is 15.5. The van der Waals surface area contributed by atoms with Crippen LogP contribution in [0, 0.1) is 13.8 Å². The average molecular weight is 297 g/mol. The Morgan fingerprint density at radius 2 is 1.73 bits per heavy atom. The first-order valence-corrected chi connectivity index (χ1v) is 6.62. The van der Waals surface area contributed by atoms with Crippen LogP contribution in [0.5, 0.6) is 0 Å². The third-order valence-corrected chi connectivity index (χ3v) is 2.92. The van der Waals surface area contributed by atoms with Crippen LogP contribution in [0.1, 0.15) is 11.3 Å². The fourth-order valence-corrected chi connectivity index (χ4v) is 1.87. The van der Waals surface area contributed by atoms with Gasteiger partial charge in [0.05, 0.1) is 0 Å². The molecule has 0 unspecified atom stereocenters. The van der Waals surface area contributed by atoms with Gasteiger partial charge in [-0.3, -0.25) is 0 Å². The summed E-state index contributed by atoms with van der Waals surface area (Å²) in [6.45, 7) is 3.79. The van der Waals surface area contributed by atoms with Crippen molar-refractivity contribution in [2.45, 2.75) is 13.8 Å². The van der Waals surface area contributed by atoms with Gasteiger partial charge in [-0.05, 0) is 31.5 Å². The largest absolute Gasteiger partial charge is 0.393 e. The molecule has 3 heterocycles. The van der Waals surface area contributed by atoms with Crippen LogP contribution in [-0.2, 0) is 0 Å². The third-order valence-electron chi connectivity index (χ3n) is 2.92. The number of anilines is 5. The lowest BCUT2D eigenvalue weighted by atomic mass is 10.3. The second-order valence-corrected chi connectivity index (χ2v) is 4.78. The number of hydrogen-bond donors (Lipinski definition) is 3. The van der Waals surface area contributed by atoms with Gasteiger partial charge < -0.3 is 20.9 Å². The Balaban J connectivity index is 1.85. The fourth-order valence-electron chi connectivity index (χ4n) is 1.87. The number of aromatic nitrogens is 4. The summed E-state index contributed by atoms with van der Waals surface area (Å²) < 4.78 is 4.99. The standard InChI is InChI=1S/C14H15N7O/c1-8-3-4-16-10(5-8)19-13-12(15)14(18-7-17-13)20-11-6-9(2)22-21-11/h3-7H,15H2,1-2H3,(H2,16,17,18,19,20,21). The van der Waals surface area contributed by atoms with E-state index in [9.17, 15) is 0 Å². The van der Waals surface area contributed by atoms with Crippen molar-refractivity contribution in [2.75, 3.05) is 16.4 Å². The Labute approximate surface area is 126 Å². The molecule has 0 bridgehead atoms. The smallest absolute Gasteiger partial charge is 0.175 e. The van der Waals surface area contributed by atoms with Crippen LogP contribution in [-0.4, -0.2) is 20.1 Å². The summed E-state index contributed by atoms with van der Waals surface area (Å²) in [6, 6.07) is 5.56. The molecule has 0 amide bonds. The van der Waals surface area contributed by atoms with Crippen LogP contribution in [0.25, 0.3) is 0 Å². The van der Waals surface area contributed by atoms with Crippen molar-refractivity contribution in [3.05, 3.63) is 42.0 Å². The predicted octanol–water partition coefficient (Wildman–Crippen LogP) is 2.55. The Bertz CT molecular complexity index is 799. The minimum Gasteiger partial charge on any atom is -0.393 e. The number of aryl methyl sites for hydroxylation is 2. The fraction of sp³-hybridized carbons (Fsp3) is 0.143. The van der Waals surface area contributed by atoms with Crippen molar-refractivity contribution >= 4 is 29.0 Å². The maximum atomic E-state index is 6.09. The van der Waals surface area contributed by atoms with E-state index in [-0.39, 0.29) is 0 Å². The van der Waals surface area contributed by atoms with Gasteiger partial charge in [-0.15, -0.1) is 0 Å². The van der Waals surface area contributed by atoms with E-state index in [1.807, 2.05) is 19.1 Å². The minimum atomic E-state index is 0.367. The maximum absolute atomic E-state index is 6.09. The molecule has 0 aromatic carbocycles. The Morgan fingerprint density at radius 3 is 2.36 bits per heavy atom. The Hall–Kier alpha value is -3.16. The van der Waals surface area contributed by atoms with E-state index in [1.54, 1.807) is 19.2 Å². The Morgan fingerprint density at radius 1 is 1.00 bits per heavy atom. The molecular formula is C14H15N7O. The molecule has 3 rings (SSSR count). The van der Waals surface area contributed by atoms with E-state index in [4.69, 9.17) is 10.3 Å². The SMILES string of the molecule is Cc1ccnc(Nc2ncnc(Nc3cc(C)on3)c2N)c1. The molecule has 3 aromatic rings. The molecule has 22 heavy (non-hydrogen) atoms. The highest BCUT2D eigenvalue weighted by molar-refractivity contribution is 5.79. The first-order valence-electron chi connectivity index (χ1n) is 6.62. The number of nitrogens with two attached hydrogens (primary N) is 1. The molecule has 0 aliphatic heterocycles. The molecule has 0 radical (unpaired) electrons. The topological polar surface area (TPSA) is 115 Å². The van der Waals surface area contributed by atoms with Crippen LogP contribution in [0.2, 0.25) is 0 Å². The molecule has 0 aliphatic rings. The van der Waals surface area contributed by atoms with Crippen LogP contribution < -0.4 is 16.4 Å². The van der Waals surface area contributed by atoms with E-state index in [0.717, 1.165) is 5.56 Å². The van der Waals surface area contributed by atoms with Crippen LogP contribution >= 0.6 is 0 Å². The average Bonchev–Trinajstić information content (AvgIpc) is 2.89. The lowest BCUT2D eigenvalue weighted by Gasteiger charge is -2.10. The van der Waals surface area contributed by atoms with E-state index in [1.165, 1.54) is 6.33 Å². The van der Waals surface area contributed by atoms with Crippen LogP contribution in [0.3, 0.4) is 0 Å². The lowest BCUT2D eigenvalue weighted by molar-refractivity contribution is 0.400. The molecule has 0 aliphatic carbocycles. The van der Waals surface area contributed by atoms with Crippen molar-refractivity contribution in [3.63, 3.8) is 0 Å². The zero-order valence-corrected chi connectivity index (χ0v) is 12.2. The predicted molar refractivity (Wildman–Crippen MR) is 83.2 cm³/mol. The Kier molecular flexibility index (Phi) is 3.57. The van der Waals surface area contributed by atoms with E-state index >= 15 is 0 Å². The molecule has 4 N–H and O–H groups in total. The molecule has 0 saturated carbocycles. The third kappa shape index (κ3) is 2.95. The molecular weight excluding hydrogens is 282 g/mol. The van der Waals surface area contributed by atoms with Crippen molar-refractivity contribution in [3.8, 4) is 0 Å². The first-order chi connectivity index (χ1) is 10.6. The number of hydrogen-bond acceptors (Lipinski definition) is 8. The molecule has 0 saturated heterocycles. The number of rotatable bonds is 4. The number of pyridine rings is 1. The highest BCUT2D eigenvalue weighted by Gasteiger charge is 2.10. The normalized spacial score (nSPS) is 10.5. The maximum Gasteiger partial charge on any atom is 0.175 e. The van der Waals surface area contributed by atoms with E-state index < -0.39 is 0 Å². The molecule has 0 fully saturated rings. The second kappa shape index (κ2) is 5.68. The van der Waals surface area contributed by atoms with E-state index in [2.05, 4.69) is 30.7 Å². The molecule has 3 aromatic heterocycles. The summed E-state index contributed by atoms with van der Waals surface area (Å²) >= 11 is 0. The summed E-state index contributed by atoms with van der Waals surface area (Å²) in [4.78, 5) is 12.5. The van der Waals surface area contributed by atoms with Crippen LogP contribution in [0.15, 0.2) is 35.2 Å². The monoisotopic (exact) mass is 297 g/mol.